The summed E-state index contributed by atoms with van der Waals surface area (Å²) >= 11 is 0. The van der Waals surface area contributed by atoms with Gasteiger partial charge in [-0.3, -0.25) is 4.79 Å². The second kappa shape index (κ2) is 6.48. The Labute approximate surface area is 105 Å². The summed E-state index contributed by atoms with van der Waals surface area (Å²) in [6, 6.07) is 4.50. The molecule has 0 fully saturated rings. The summed E-state index contributed by atoms with van der Waals surface area (Å²) in [4.78, 5) is 22.3. The first-order valence-electron chi connectivity index (χ1n) is 5.57. The highest BCUT2D eigenvalue weighted by molar-refractivity contribution is 5.96. The molecule has 1 rings (SSSR count). The van der Waals surface area contributed by atoms with Crippen molar-refractivity contribution in [3.63, 3.8) is 0 Å². The number of carboxylic acids is 1. The van der Waals surface area contributed by atoms with Gasteiger partial charge >= 0.3 is 5.97 Å². The SMILES string of the molecule is CCCNC(=O)COc1cccc(N)c1C(=O)O. The van der Waals surface area contributed by atoms with Crippen molar-refractivity contribution in [2.45, 2.75) is 13.3 Å². The van der Waals surface area contributed by atoms with Crippen LogP contribution in [0, 0.1) is 0 Å². The number of aromatic carboxylic acids is 1. The molecule has 0 atom stereocenters. The number of ether oxygens (including phenoxy) is 1. The zero-order valence-corrected chi connectivity index (χ0v) is 10.1. The van der Waals surface area contributed by atoms with Crippen LogP contribution < -0.4 is 15.8 Å². The van der Waals surface area contributed by atoms with Crippen molar-refractivity contribution >= 4 is 17.6 Å². The van der Waals surface area contributed by atoms with E-state index < -0.39 is 5.97 Å². The Morgan fingerprint density at radius 2 is 2.17 bits per heavy atom. The smallest absolute Gasteiger partial charge is 0.341 e. The molecule has 0 heterocycles. The van der Waals surface area contributed by atoms with Gasteiger partial charge < -0.3 is 20.9 Å². The number of nitrogens with two attached hydrogens (primary N) is 1. The predicted molar refractivity (Wildman–Crippen MR) is 66.6 cm³/mol. The largest absolute Gasteiger partial charge is 0.483 e. The van der Waals surface area contributed by atoms with Crippen LogP contribution in [0.25, 0.3) is 0 Å². The average molecular weight is 252 g/mol. The van der Waals surface area contributed by atoms with E-state index in [-0.39, 0.29) is 29.5 Å². The highest BCUT2D eigenvalue weighted by atomic mass is 16.5. The Kier molecular flexibility index (Phi) is 4.98. The molecule has 1 amide bonds. The summed E-state index contributed by atoms with van der Waals surface area (Å²) in [6.45, 7) is 2.26. The number of rotatable bonds is 6. The van der Waals surface area contributed by atoms with Gasteiger partial charge in [0.2, 0.25) is 0 Å². The third kappa shape index (κ3) is 3.65. The van der Waals surface area contributed by atoms with Crippen molar-refractivity contribution in [3.05, 3.63) is 23.8 Å². The summed E-state index contributed by atoms with van der Waals surface area (Å²) in [5, 5.41) is 11.6. The predicted octanol–water partition coefficient (Wildman–Crippen LogP) is 0.872. The van der Waals surface area contributed by atoms with E-state index in [9.17, 15) is 9.59 Å². The van der Waals surface area contributed by atoms with Gasteiger partial charge in [0.25, 0.3) is 5.91 Å². The number of hydrogen-bond acceptors (Lipinski definition) is 4. The Hall–Kier alpha value is -2.24. The molecule has 0 aliphatic carbocycles. The van der Waals surface area contributed by atoms with Gasteiger partial charge in [-0.15, -0.1) is 0 Å². The lowest BCUT2D eigenvalue weighted by Gasteiger charge is -2.10. The average Bonchev–Trinajstić information content (AvgIpc) is 2.33. The lowest BCUT2D eigenvalue weighted by atomic mass is 10.1. The summed E-state index contributed by atoms with van der Waals surface area (Å²) in [5.74, 6) is -1.39. The van der Waals surface area contributed by atoms with Crippen molar-refractivity contribution in [1.29, 1.82) is 0 Å². The normalized spacial score (nSPS) is 9.83. The first-order chi connectivity index (χ1) is 8.56. The van der Waals surface area contributed by atoms with Gasteiger partial charge in [-0.2, -0.15) is 0 Å². The molecular weight excluding hydrogens is 236 g/mol. The van der Waals surface area contributed by atoms with Gasteiger partial charge in [-0.1, -0.05) is 13.0 Å². The van der Waals surface area contributed by atoms with Crippen LogP contribution in [-0.2, 0) is 4.79 Å². The number of carbonyl (C=O) groups excluding carboxylic acids is 1. The van der Waals surface area contributed by atoms with Crippen molar-refractivity contribution in [1.82, 2.24) is 5.32 Å². The van der Waals surface area contributed by atoms with E-state index in [0.717, 1.165) is 6.42 Å². The number of nitrogens with one attached hydrogen (secondary N) is 1. The number of anilines is 1. The molecule has 0 bridgehead atoms. The molecule has 4 N–H and O–H groups in total. The van der Waals surface area contributed by atoms with Crippen molar-refractivity contribution in [2.24, 2.45) is 0 Å². The quantitative estimate of drug-likeness (QED) is 0.652. The zero-order chi connectivity index (χ0) is 13.5. The Bertz CT molecular complexity index is 446. The molecule has 18 heavy (non-hydrogen) atoms. The van der Waals surface area contributed by atoms with Crippen molar-refractivity contribution in [3.8, 4) is 5.75 Å². The molecule has 0 saturated carbocycles. The molecule has 6 nitrogen and oxygen atoms in total. The van der Waals surface area contributed by atoms with Gasteiger partial charge in [-0.25, -0.2) is 4.79 Å². The van der Waals surface area contributed by atoms with Crippen LogP contribution in [0.3, 0.4) is 0 Å². The maximum Gasteiger partial charge on any atom is 0.341 e. The van der Waals surface area contributed by atoms with Gasteiger partial charge in [0, 0.05) is 12.2 Å². The lowest BCUT2D eigenvalue weighted by Crippen LogP contribution is -2.29. The topological polar surface area (TPSA) is 102 Å². The Balaban J connectivity index is 2.70. The minimum atomic E-state index is -1.18. The molecule has 0 radical (unpaired) electrons. The molecule has 98 valence electrons. The molecule has 1 aromatic carbocycles. The molecule has 0 unspecified atom stereocenters. The standard InChI is InChI=1S/C12H16N2O4/c1-2-6-14-10(15)7-18-9-5-3-4-8(13)11(9)12(16)17/h3-5H,2,6-7,13H2,1H3,(H,14,15)(H,16,17). The van der Waals surface area contributed by atoms with Crippen LogP contribution in [0.4, 0.5) is 5.69 Å². The molecule has 0 aliphatic heterocycles. The summed E-state index contributed by atoms with van der Waals surface area (Å²) in [7, 11) is 0. The van der Waals surface area contributed by atoms with Crippen molar-refractivity contribution < 1.29 is 19.4 Å². The number of amides is 1. The van der Waals surface area contributed by atoms with Crippen LogP contribution in [-0.4, -0.2) is 30.1 Å². The summed E-state index contributed by atoms with van der Waals surface area (Å²) < 4.78 is 5.17. The Morgan fingerprint density at radius 1 is 1.44 bits per heavy atom. The number of nitrogen functional groups attached to an aromatic ring is 1. The molecule has 0 spiro atoms. The highest BCUT2D eigenvalue weighted by Crippen LogP contribution is 2.24. The molecule has 1 aromatic rings. The highest BCUT2D eigenvalue weighted by Gasteiger charge is 2.15. The third-order valence-electron chi connectivity index (χ3n) is 2.20. The van der Waals surface area contributed by atoms with E-state index in [1.807, 2.05) is 6.92 Å². The van der Waals surface area contributed by atoms with Crippen LogP contribution in [0.15, 0.2) is 18.2 Å². The fourth-order valence-corrected chi connectivity index (χ4v) is 1.36. The zero-order valence-electron chi connectivity index (χ0n) is 10.1. The number of benzene rings is 1. The fraction of sp³-hybridized carbons (Fsp3) is 0.333. The molecule has 0 saturated heterocycles. The summed E-state index contributed by atoms with van der Waals surface area (Å²) in [5.41, 5.74) is 5.53. The maximum absolute atomic E-state index is 11.3. The first-order valence-corrected chi connectivity index (χ1v) is 5.57. The van der Waals surface area contributed by atoms with E-state index in [1.165, 1.54) is 12.1 Å². The fourth-order valence-electron chi connectivity index (χ4n) is 1.36. The molecular formula is C12H16N2O4. The van der Waals surface area contributed by atoms with E-state index >= 15 is 0 Å². The van der Waals surface area contributed by atoms with Crippen LogP contribution in [0.1, 0.15) is 23.7 Å². The number of hydrogen-bond donors (Lipinski definition) is 3. The number of carbonyl (C=O) groups is 2. The maximum atomic E-state index is 11.3. The van der Waals surface area contributed by atoms with Gasteiger partial charge in [0.15, 0.2) is 6.61 Å². The van der Waals surface area contributed by atoms with Crippen molar-refractivity contribution in [2.75, 3.05) is 18.9 Å². The van der Waals surface area contributed by atoms with E-state index in [2.05, 4.69) is 5.32 Å². The Morgan fingerprint density at radius 3 is 2.78 bits per heavy atom. The third-order valence-corrected chi connectivity index (χ3v) is 2.20. The minimum Gasteiger partial charge on any atom is -0.483 e. The van der Waals surface area contributed by atoms with Crippen LogP contribution in [0.5, 0.6) is 5.75 Å². The van der Waals surface area contributed by atoms with E-state index in [0.29, 0.717) is 6.54 Å². The van der Waals surface area contributed by atoms with Crippen LogP contribution >= 0.6 is 0 Å². The molecule has 0 aromatic heterocycles. The second-order valence-corrected chi connectivity index (χ2v) is 3.66. The first kappa shape index (κ1) is 13.8. The number of carboxylic acid groups (broad SMARTS) is 1. The van der Waals surface area contributed by atoms with E-state index in [4.69, 9.17) is 15.6 Å². The van der Waals surface area contributed by atoms with Gasteiger partial charge in [-0.05, 0) is 18.6 Å². The monoisotopic (exact) mass is 252 g/mol. The van der Waals surface area contributed by atoms with E-state index in [1.54, 1.807) is 6.07 Å². The second-order valence-electron chi connectivity index (χ2n) is 3.66. The minimum absolute atomic E-state index is 0.0918. The van der Waals surface area contributed by atoms with Crippen LogP contribution in [0.2, 0.25) is 0 Å². The van der Waals surface area contributed by atoms with Gasteiger partial charge in [0.1, 0.15) is 11.3 Å². The van der Waals surface area contributed by atoms with Gasteiger partial charge in [0.05, 0.1) is 0 Å². The molecule has 6 heteroatoms. The molecule has 0 aliphatic rings. The summed E-state index contributed by atoms with van der Waals surface area (Å²) in [6.07, 6.45) is 0.824. The lowest BCUT2D eigenvalue weighted by molar-refractivity contribution is -0.123.